The van der Waals surface area contributed by atoms with E-state index in [9.17, 15) is 18.3 Å². The first-order chi connectivity index (χ1) is 21.8. The summed E-state index contributed by atoms with van der Waals surface area (Å²) in [7, 11) is 3.71. The average Bonchev–Trinajstić information content (AvgIpc) is 3.54. The maximum atomic E-state index is 15.4. The van der Waals surface area contributed by atoms with E-state index in [4.69, 9.17) is 30.5 Å². The Morgan fingerprint density at radius 2 is 1.72 bits per heavy atom. The molecule has 0 saturated carbocycles. The number of hydrogen-bond acceptors (Lipinski definition) is 11. The van der Waals surface area contributed by atoms with Crippen molar-refractivity contribution in [2.24, 2.45) is 0 Å². The molecule has 1 aromatic heterocycles. The van der Waals surface area contributed by atoms with Gasteiger partial charge in [-0.05, 0) is 55.3 Å². The van der Waals surface area contributed by atoms with Gasteiger partial charge in [0.25, 0.3) is 15.9 Å². The number of carbonyl (C=O) groups excluding carboxylic acids is 2. The minimum Gasteiger partial charge on any atom is -0.493 e. The highest BCUT2D eigenvalue weighted by Crippen LogP contribution is 2.55. The van der Waals surface area contributed by atoms with Gasteiger partial charge in [0.1, 0.15) is 4.90 Å². The number of sulfonamides is 1. The summed E-state index contributed by atoms with van der Waals surface area (Å²) in [5, 5.41) is 11.2. The first kappa shape index (κ1) is 33.3. The number of nitrogens with zero attached hydrogens (tertiary/aromatic N) is 4. The van der Waals surface area contributed by atoms with Gasteiger partial charge in [0.15, 0.2) is 17.0 Å². The van der Waals surface area contributed by atoms with Gasteiger partial charge < -0.3 is 29.0 Å². The number of benzene rings is 2. The summed E-state index contributed by atoms with van der Waals surface area (Å²) >= 11 is 6.56. The first-order valence-corrected chi connectivity index (χ1v) is 16.0. The molecule has 2 amide bonds. The SMILES string of the molecule is COc1ccc(S(=O)(=O)N2C(=O)C(c3cc(C)cnc3OC)(N3C[C@H](O)C[C@H]3C(=O)N(C)C)c3cc(Cl)ccc32)c(OC)c1OC. The molecule has 0 spiro atoms. The van der Waals surface area contributed by atoms with Crippen LogP contribution in [-0.4, -0.2) is 101 Å². The van der Waals surface area contributed by atoms with Gasteiger partial charge in [0, 0.05) is 43.0 Å². The highest BCUT2D eigenvalue weighted by atomic mass is 35.5. The summed E-state index contributed by atoms with van der Waals surface area (Å²) in [4.78, 5) is 36.0. The van der Waals surface area contributed by atoms with Crippen LogP contribution in [0.2, 0.25) is 5.02 Å². The third kappa shape index (κ3) is 4.91. The normalized spacial score (nSPS) is 21.2. The second kappa shape index (κ2) is 12.2. The van der Waals surface area contributed by atoms with E-state index in [1.807, 2.05) is 0 Å². The predicted molar refractivity (Wildman–Crippen MR) is 168 cm³/mol. The fraction of sp³-hybridized carbons (Fsp3) is 0.387. The van der Waals surface area contributed by atoms with Crippen molar-refractivity contribution in [3.05, 3.63) is 64.3 Å². The molecular weight excluding hydrogens is 640 g/mol. The molecule has 0 bridgehead atoms. The van der Waals surface area contributed by atoms with Crippen LogP contribution in [0.3, 0.4) is 0 Å². The molecule has 2 aromatic carbocycles. The number of β-amino-alcohol motifs (C(OH)–C–C–N with tert-alkyl or cyclic N) is 1. The molecule has 1 N–H and O–H groups in total. The fourth-order valence-corrected chi connectivity index (χ4v) is 8.14. The molecule has 2 aliphatic rings. The molecule has 3 aromatic rings. The second-order valence-corrected chi connectivity index (χ2v) is 13.3. The Morgan fingerprint density at radius 1 is 1.02 bits per heavy atom. The number of likely N-dealkylation sites (tertiary alicyclic amines) is 1. The summed E-state index contributed by atoms with van der Waals surface area (Å²) in [6.45, 7) is 1.60. The van der Waals surface area contributed by atoms with E-state index in [0.29, 0.717) is 9.87 Å². The monoisotopic (exact) mass is 674 g/mol. The number of aromatic nitrogens is 1. The summed E-state index contributed by atoms with van der Waals surface area (Å²) in [6.07, 6.45) is 0.500. The van der Waals surface area contributed by atoms with Gasteiger partial charge in [-0.15, -0.1) is 0 Å². The number of pyridine rings is 1. The van der Waals surface area contributed by atoms with Crippen molar-refractivity contribution in [3.8, 4) is 23.1 Å². The van der Waals surface area contributed by atoms with Crippen LogP contribution >= 0.6 is 11.6 Å². The maximum absolute atomic E-state index is 15.4. The van der Waals surface area contributed by atoms with E-state index in [-0.39, 0.29) is 62.8 Å². The van der Waals surface area contributed by atoms with Crippen LogP contribution in [0.1, 0.15) is 23.1 Å². The van der Waals surface area contributed by atoms with Crippen molar-refractivity contribution in [1.29, 1.82) is 0 Å². The molecule has 2 aliphatic heterocycles. The van der Waals surface area contributed by atoms with E-state index >= 15 is 4.79 Å². The number of rotatable bonds is 9. The number of amides is 2. The lowest BCUT2D eigenvalue weighted by molar-refractivity contribution is -0.138. The highest BCUT2D eigenvalue weighted by Gasteiger charge is 2.64. The van der Waals surface area contributed by atoms with Gasteiger partial charge in [-0.1, -0.05) is 11.6 Å². The summed E-state index contributed by atoms with van der Waals surface area (Å²) in [5.74, 6) is -1.31. The van der Waals surface area contributed by atoms with Crippen LogP contribution in [0.25, 0.3) is 0 Å². The van der Waals surface area contributed by atoms with Gasteiger partial charge in [0.05, 0.1) is 46.3 Å². The zero-order chi connectivity index (χ0) is 33.7. The van der Waals surface area contributed by atoms with E-state index in [1.165, 1.54) is 68.6 Å². The lowest BCUT2D eigenvalue weighted by Gasteiger charge is -2.41. The molecule has 1 fully saturated rings. The lowest BCUT2D eigenvalue weighted by Crippen LogP contribution is -2.59. The Balaban J connectivity index is 1.90. The van der Waals surface area contributed by atoms with Gasteiger partial charge in [-0.3, -0.25) is 14.5 Å². The zero-order valence-corrected chi connectivity index (χ0v) is 28.0. The number of fused-ring (bicyclic) bond motifs is 1. The minimum absolute atomic E-state index is 0.00387. The smallest absolute Gasteiger partial charge is 0.274 e. The number of aryl methyl sites for hydroxylation is 1. The number of methoxy groups -OCH3 is 4. The number of carbonyl (C=O) groups is 2. The topological polar surface area (TPSA) is 148 Å². The lowest BCUT2D eigenvalue weighted by atomic mass is 9.81. The van der Waals surface area contributed by atoms with Crippen LogP contribution in [0.15, 0.2) is 47.5 Å². The standard InChI is InChI=1S/C31H35ClN4O9S/c1-17-12-21(28(45-7)33-15-17)31(35-16-19(37)14-23(35)29(38)34(2)3)20-13-18(32)8-9-22(20)36(30(31)39)46(40,41)25-11-10-24(42-4)26(43-5)27(25)44-6/h8-13,15,19,23,37H,14,16H2,1-7H3/t19-,23+,31?/m1/s1. The van der Waals surface area contributed by atoms with Crippen molar-refractivity contribution >= 4 is 39.1 Å². The number of ether oxygens (including phenoxy) is 4. The van der Waals surface area contributed by atoms with Crippen molar-refractivity contribution in [2.45, 2.75) is 35.9 Å². The molecule has 46 heavy (non-hydrogen) atoms. The summed E-state index contributed by atoms with van der Waals surface area (Å²) in [5.41, 5.74) is -1.11. The third-order valence-electron chi connectivity index (χ3n) is 8.25. The van der Waals surface area contributed by atoms with Gasteiger partial charge in [-0.2, -0.15) is 0 Å². The van der Waals surface area contributed by atoms with Crippen LogP contribution in [0, 0.1) is 6.92 Å². The van der Waals surface area contributed by atoms with Crippen molar-refractivity contribution < 1.29 is 42.1 Å². The Bertz CT molecular complexity index is 1820. The number of halogens is 1. The van der Waals surface area contributed by atoms with Gasteiger partial charge in [0.2, 0.25) is 17.5 Å². The number of aliphatic hydroxyl groups is 1. The number of likely N-dealkylation sites (N-methyl/N-ethyl adjacent to an activating group) is 1. The number of anilines is 1. The molecule has 1 saturated heterocycles. The van der Waals surface area contributed by atoms with Crippen LogP contribution in [-0.2, 0) is 25.2 Å². The quantitative estimate of drug-likeness (QED) is 0.357. The molecule has 13 nitrogen and oxygen atoms in total. The van der Waals surface area contributed by atoms with Gasteiger partial charge in [-0.25, -0.2) is 17.7 Å². The summed E-state index contributed by atoms with van der Waals surface area (Å²) in [6, 6.07) is 7.64. The zero-order valence-electron chi connectivity index (χ0n) is 26.4. The van der Waals surface area contributed by atoms with Crippen LogP contribution in [0.5, 0.6) is 23.1 Å². The second-order valence-electron chi connectivity index (χ2n) is 11.1. The molecule has 3 atom stereocenters. The largest absolute Gasteiger partial charge is 0.493 e. The first-order valence-electron chi connectivity index (χ1n) is 14.1. The van der Waals surface area contributed by atoms with Crippen molar-refractivity contribution in [2.75, 3.05) is 53.4 Å². The Labute approximate surface area is 272 Å². The Morgan fingerprint density at radius 3 is 2.33 bits per heavy atom. The molecule has 1 unspecified atom stereocenters. The predicted octanol–water partition coefficient (Wildman–Crippen LogP) is 2.58. The molecule has 3 heterocycles. The van der Waals surface area contributed by atoms with Crippen LogP contribution < -0.4 is 23.3 Å². The van der Waals surface area contributed by atoms with E-state index in [0.717, 1.165) is 0 Å². The molecular formula is C31H35ClN4O9S. The average molecular weight is 675 g/mol. The molecule has 5 rings (SSSR count). The van der Waals surface area contributed by atoms with Crippen molar-refractivity contribution in [3.63, 3.8) is 0 Å². The minimum atomic E-state index is -4.79. The van der Waals surface area contributed by atoms with Gasteiger partial charge >= 0.3 is 0 Å². The highest BCUT2D eigenvalue weighted by molar-refractivity contribution is 7.93. The maximum Gasteiger partial charge on any atom is 0.274 e. The molecule has 15 heteroatoms. The van der Waals surface area contributed by atoms with E-state index in [2.05, 4.69) is 4.98 Å². The molecule has 0 radical (unpaired) electrons. The third-order valence-corrected chi connectivity index (χ3v) is 10.2. The molecule has 0 aliphatic carbocycles. The fourth-order valence-electron chi connectivity index (χ4n) is 6.35. The van der Waals surface area contributed by atoms with E-state index in [1.54, 1.807) is 33.3 Å². The van der Waals surface area contributed by atoms with E-state index < -0.39 is 39.5 Å². The van der Waals surface area contributed by atoms with Crippen molar-refractivity contribution in [1.82, 2.24) is 14.8 Å². The van der Waals surface area contributed by atoms with Crippen LogP contribution in [0.4, 0.5) is 5.69 Å². The summed E-state index contributed by atoms with van der Waals surface area (Å²) < 4.78 is 52.2. The number of aliphatic hydroxyl groups excluding tert-OH is 1. The Hall–Kier alpha value is -4.11. The Kier molecular flexibility index (Phi) is 8.85. The number of hydrogen-bond donors (Lipinski definition) is 1. The molecule has 246 valence electrons.